The second-order valence-electron chi connectivity index (χ2n) is 6.60. The van der Waals surface area contributed by atoms with E-state index in [0.29, 0.717) is 0 Å². The molecule has 2 aromatic rings. The number of aromatic hydroxyl groups is 1. The van der Waals surface area contributed by atoms with E-state index in [1.54, 1.807) is 6.08 Å². The fourth-order valence-electron chi connectivity index (χ4n) is 3.33. The highest BCUT2D eigenvalue weighted by molar-refractivity contribution is 5.77. The minimum atomic E-state index is -0.787. The zero-order valence-corrected chi connectivity index (χ0v) is 13.7. The summed E-state index contributed by atoms with van der Waals surface area (Å²) in [7, 11) is 0. The highest BCUT2D eigenvalue weighted by Gasteiger charge is 2.40. The predicted molar refractivity (Wildman–Crippen MR) is 92.7 cm³/mol. The van der Waals surface area contributed by atoms with E-state index in [9.17, 15) is 14.7 Å². The first kappa shape index (κ1) is 15.5. The predicted octanol–water partition coefficient (Wildman–Crippen LogP) is 2.93. The van der Waals surface area contributed by atoms with Gasteiger partial charge in [-0.3, -0.25) is 9.59 Å². The first-order valence-electron chi connectivity index (χ1n) is 8.01. The molecule has 0 aromatic heterocycles. The Hall–Kier alpha value is -2.36. The van der Waals surface area contributed by atoms with Gasteiger partial charge >= 0.3 is 0 Å². The van der Waals surface area contributed by atoms with E-state index >= 15 is 0 Å². The maximum atomic E-state index is 11.7. The standard InChI is InChI=1S/C19H21NO3/c1-4-5-10-20-14-9-7-6-8-13(14)19(2,3)15(20)11-12-16(21)18(23)17(12)22/h6-9,11,21H,4-5,10H2,1-3H3/b15-11+. The maximum Gasteiger partial charge on any atom is 0.268 e. The molecular formula is C19H21NO3. The molecular weight excluding hydrogens is 290 g/mol. The second kappa shape index (κ2) is 5.37. The minimum Gasteiger partial charge on any atom is -0.504 e. The van der Waals surface area contributed by atoms with Crippen LogP contribution in [0.25, 0.3) is 6.08 Å². The van der Waals surface area contributed by atoms with Crippen LogP contribution in [0.4, 0.5) is 5.69 Å². The Morgan fingerprint density at radius 2 is 1.87 bits per heavy atom. The van der Waals surface area contributed by atoms with Gasteiger partial charge in [-0.15, -0.1) is 0 Å². The normalized spacial score (nSPS) is 17.9. The van der Waals surface area contributed by atoms with Crippen LogP contribution in [-0.2, 0) is 5.41 Å². The van der Waals surface area contributed by atoms with Crippen molar-refractivity contribution in [1.82, 2.24) is 0 Å². The van der Waals surface area contributed by atoms with Crippen molar-refractivity contribution in [2.75, 3.05) is 11.4 Å². The Bertz CT molecular complexity index is 854. The first-order chi connectivity index (χ1) is 10.9. The average Bonchev–Trinajstić information content (AvgIpc) is 2.77. The summed E-state index contributed by atoms with van der Waals surface area (Å²) in [5, 5.41) is 9.70. The number of nitrogens with zero attached hydrogens (tertiary/aromatic N) is 1. The van der Waals surface area contributed by atoms with E-state index in [2.05, 4.69) is 37.8 Å². The molecule has 4 heteroatoms. The lowest BCUT2D eigenvalue weighted by Gasteiger charge is -2.27. The lowest BCUT2D eigenvalue weighted by atomic mass is 9.83. The van der Waals surface area contributed by atoms with Gasteiger partial charge < -0.3 is 10.0 Å². The quantitative estimate of drug-likeness (QED) is 0.882. The summed E-state index contributed by atoms with van der Waals surface area (Å²) in [6, 6.07) is 8.19. The number of unbranched alkanes of at least 4 members (excludes halogenated alkanes) is 1. The van der Waals surface area contributed by atoms with E-state index < -0.39 is 16.6 Å². The maximum absolute atomic E-state index is 11.7. The molecule has 0 radical (unpaired) electrons. The van der Waals surface area contributed by atoms with Gasteiger partial charge in [0.1, 0.15) is 0 Å². The highest BCUT2D eigenvalue weighted by Crippen LogP contribution is 2.48. The van der Waals surface area contributed by atoms with E-state index in [1.807, 2.05) is 12.1 Å². The Balaban J connectivity index is 2.14. The van der Waals surface area contributed by atoms with Gasteiger partial charge in [0.05, 0.1) is 5.56 Å². The summed E-state index contributed by atoms with van der Waals surface area (Å²) >= 11 is 0. The topological polar surface area (TPSA) is 57.6 Å². The molecule has 1 aliphatic rings. The van der Waals surface area contributed by atoms with Crippen LogP contribution < -0.4 is 15.8 Å². The van der Waals surface area contributed by atoms with Gasteiger partial charge in [-0.2, -0.15) is 0 Å². The fourth-order valence-corrected chi connectivity index (χ4v) is 3.33. The summed E-state index contributed by atoms with van der Waals surface area (Å²) in [4.78, 5) is 25.2. The summed E-state index contributed by atoms with van der Waals surface area (Å²) in [5.41, 5.74) is 1.75. The zero-order valence-electron chi connectivity index (χ0n) is 13.7. The number of anilines is 1. The van der Waals surface area contributed by atoms with E-state index in [0.717, 1.165) is 30.8 Å². The molecule has 23 heavy (non-hydrogen) atoms. The second-order valence-corrected chi connectivity index (χ2v) is 6.60. The number of hydrogen-bond donors (Lipinski definition) is 1. The monoisotopic (exact) mass is 311 g/mol. The molecule has 0 amide bonds. The highest BCUT2D eigenvalue weighted by atomic mass is 16.3. The third-order valence-electron chi connectivity index (χ3n) is 4.74. The molecule has 1 heterocycles. The summed E-state index contributed by atoms with van der Waals surface area (Å²) in [5.74, 6) is -0.412. The van der Waals surface area contributed by atoms with E-state index in [4.69, 9.17) is 0 Å². The van der Waals surface area contributed by atoms with Gasteiger partial charge in [0.2, 0.25) is 5.43 Å². The molecule has 2 aromatic carbocycles. The smallest absolute Gasteiger partial charge is 0.268 e. The van der Waals surface area contributed by atoms with Crippen LogP contribution in [0.2, 0.25) is 0 Å². The molecule has 3 rings (SSSR count). The number of fused-ring (bicyclic) bond motifs is 1. The molecule has 0 aliphatic carbocycles. The van der Waals surface area contributed by atoms with Crippen molar-refractivity contribution in [3.8, 4) is 5.75 Å². The van der Waals surface area contributed by atoms with Crippen LogP contribution in [0, 0.1) is 0 Å². The van der Waals surface area contributed by atoms with Crippen molar-refractivity contribution in [2.45, 2.75) is 39.0 Å². The van der Waals surface area contributed by atoms with Crippen molar-refractivity contribution >= 4 is 11.8 Å². The van der Waals surface area contributed by atoms with Crippen LogP contribution in [0.3, 0.4) is 0 Å². The summed E-state index contributed by atoms with van der Waals surface area (Å²) in [6.07, 6.45) is 3.78. The number of para-hydroxylation sites is 1. The zero-order chi connectivity index (χ0) is 16.8. The Morgan fingerprint density at radius 3 is 2.52 bits per heavy atom. The molecule has 0 atom stereocenters. The van der Waals surface area contributed by atoms with Gasteiger partial charge in [0.25, 0.3) is 5.43 Å². The number of hydrogen-bond acceptors (Lipinski definition) is 4. The number of benzene rings is 1. The number of allylic oxidation sites excluding steroid dienone is 1. The lowest BCUT2D eigenvalue weighted by Crippen LogP contribution is -2.34. The van der Waals surface area contributed by atoms with Crippen LogP contribution in [0.5, 0.6) is 5.75 Å². The Kier molecular flexibility index (Phi) is 3.63. The molecule has 0 saturated carbocycles. The molecule has 1 aliphatic heterocycles. The molecule has 120 valence electrons. The first-order valence-corrected chi connectivity index (χ1v) is 8.01. The van der Waals surface area contributed by atoms with Crippen LogP contribution >= 0.6 is 0 Å². The van der Waals surface area contributed by atoms with Gasteiger partial charge in [0, 0.05) is 23.3 Å². The van der Waals surface area contributed by atoms with Crippen molar-refractivity contribution < 1.29 is 5.11 Å². The van der Waals surface area contributed by atoms with Crippen LogP contribution in [0.1, 0.15) is 44.7 Å². The Labute approximate surface area is 135 Å². The third-order valence-corrected chi connectivity index (χ3v) is 4.74. The fraction of sp³-hybridized carbons (Fsp3) is 0.368. The lowest BCUT2D eigenvalue weighted by molar-refractivity contribution is 0.461. The molecule has 0 spiro atoms. The van der Waals surface area contributed by atoms with Gasteiger partial charge in [-0.1, -0.05) is 45.4 Å². The van der Waals surface area contributed by atoms with Gasteiger partial charge in [0.15, 0.2) is 5.75 Å². The van der Waals surface area contributed by atoms with Crippen molar-refractivity contribution in [2.24, 2.45) is 0 Å². The molecule has 0 unspecified atom stereocenters. The van der Waals surface area contributed by atoms with Gasteiger partial charge in [-0.05, 0) is 24.1 Å². The van der Waals surface area contributed by atoms with Crippen molar-refractivity contribution in [1.29, 1.82) is 0 Å². The minimum absolute atomic E-state index is 0.132. The van der Waals surface area contributed by atoms with E-state index in [-0.39, 0.29) is 11.0 Å². The van der Waals surface area contributed by atoms with Crippen molar-refractivity contribution in [3.05, 3.63) is 61.5 Å². The summed E-state index contributed by atoms with van der Waals surface area (Å²) < 4.78 is 0. The molecule has 0 fully saturated rings. The average molecular weight is 311 g/mol. The van der Waals surface area contributed by atoms with Crippen molar-refractivity contribution in [3.63, 3.8) is 0 Å². The van der Waals surface area contributed by atoms with Crippen LogP contribution in [0.15, 0.2) is 39.6 Å². The van der Waals surface area contributed by atoms with E-state index in [1.165, 1.54) is 5.56 Å². The summed E-state index contributed by atoms with van der Waals surface area (Å²) in [6.45, 7) is 7.19. The molecule has 1 N–H and O–H groups in total. The number of rotatable bonds is 4. The van der Waals surface area contributed by atoms with Crippen LogP contribution in [-0.4, -0.2) is 11.7 Å². The SMILES string of the molecule is CCCCN1/C(=C/c2c(O)c(=O)c2=O)C(C)(C)c2ccccc21. The van der Waals surface area contributed by atoms with Gasteiger partial charge in [-0.25, -0.2) is 0 Å². The Morgan fingerprint density at radius 1 is 1.17 bits per heavy atom. The molecule has 0 saturated heterocycles. The molecule has 0 bridgehead atoms. The molecule has 4 nitrogen and oxygen atoms in total. The largest absolute Gasteiger partial charge is 0.504 e. The third kappa shape index (κ3) is 2.21.